The average Bonchev–Trinajstić information content (AvgIpc) is 2.82. The van der Waals surface area contributed by atoms with E-state index >= 15 is 0 Å². The van der Waals surface area contributed by atoms with Gasteiger partial charge >= 0.3 is 11.9 Å². The fourth-order valence-corrected chi connectivity index (χ4v) is 4.22. The number of aryl methyl sites for hydroxylation is 1. The summed E-state index contributed by atoms with van der Waals surface area (Å²) < 4.78 is 47.0. The van der Waals surface area contributed by atoms with Crippen molar-refractivity contribution in [1.29, 1.82) is 0 Å². The van der Waals surface area contributed by atoms with E-state index in [1.54, 1.807) is 24.3 Å². The number of hydrogen-bond acceptors (Lipinski definition) is 3. The Bertz CT molecular complexity index is 1130. The van der Waals surface area contributed by atoms with Gasteiger partial charge in [0.15, 0.2) is 13.3 Å². The van der Waals surface area contributed by atoms with Crippen LogP contribution in [0, 0.1) is 6.92 Å². The molecule has 0 aliphatic heterocycles. The minimum absolute atomic E-state index is 0.293. The van der Waals surface area contributed by atoms with Crippen molar-refractivity contribution in [1.82, 2.24) is 0 Å². The van der Waals surface area contributed by atoms with Crippen molar-refractivity contribution in [3.8, 4) is 5.75 Å². The summed E-state index contributed by atoms with van der Waals surface area (Å²) in [7, 11) is 0. The molecular weight excluding hydrogens is 449 g/mol. The Morgan fingerprint density at radius 3 is 2.42 bits per heavy atom. The molecule has 1 N–H and O–H groups in total. The van der Waals surface area contributed by atoms with Gasteiger partial charge in [0.05, 0.1) is 0 Å². The van der Waals surface area contributed by atoms with Crippen LogP contribution in [0.3, 0.4) is 0 Å². The zero-order valence-corrected chi connectivity index (χ0v) is 18.7. The van der Waals surface area contributed by atoms with Gasteiger partial charge in [-0.15, -0.1) is 11.8 Å². The first-order chi connectivity index (χ1) is 15.8. The van der Waals surface area contributed by atoms with Crippen LogP contribution in [0.4, 0.5) is 13.2 Å². The van der Waals surface area contributed by atoms with Gasteiger partial charge in [0.2, 0.25) is 0 Å². The molecule has 0 aliphatic rings. The molecule has 0 unspecified atom stereocenters. The van der Waals surface area contributed by atoms with Gasteiger partial charge in [-0.2, -0.15) is 8.78 Å². The van der Waals surface area contributed by atoms with Crippen molar-refractivity contribution in [2.75, 3.05) is 19.0 Å². The van der Waals surface area contributed by atoms with E-state index < -0.39 is 25.2 Å². The van der Waals surface area contributed by atoms with Crippen molar-refractivity contribution in [2.24, 2.45) is 0 Å². The summed E-state index contributed by atoms with van der Waals surface area (Å²) in [5.41, 5.74) is 2.21. The van der Waals surface area contributed by atoms with E-state index in [0.29, 0.717) is 22.6 Å². The van der Waals surface area contributed by atoms with E-state index in [2.05, 4.69) is 0 Å². The summed E-state index contributed by atoms with van der Waals surface area (Å²) >= 11 is 1.51. The average molecular weight is 473 g/mol. The number of thioether (sulfide) groups is 1. The topological polar surface area (TPSA) is 46.5 Å². The number of carboxylic acids is 1. The molecular formula is C26H23F3O3S. The van der Waals surface area contributed by atoms with Gasteiger partial charge < -0.3 is 9.84 Å². The molecule has 3 aromatic rings. The smallest absolute Gasteiger partial charge is 0.341 e. The predicted molar refractivity (Wildman–Crippen MR) is 125 cm³/mol. The lowest BCUT2D eigenvalue weighted by molar-refractivity contribution is -0.139. The van der Waals surface area contributed by atoms with Crippen LogP contribution in [0.25, 0.3) is 5.57 Å². The standard InChI is InChI=1S/C26H23F3O3S/c1-18-15-20(32-16-25(30)31)11-12-24(18)33-14-13-21(19-7-3-2-4-8-19)22-9-5-6-10-23(22)26(28,29)17-27/h2-13,15H,14,16-17H2,1H3,(H,30,31)/b21-13-. The van der Waals surface area contributed by atoms with Crippen LogP contribution in [0.2, 0.25) is 0 Å². The van der Waals surface area contributed by atoms with Gasteiger partial charge in [-0.3, -0.25) is 0 Å². The number of carboxylic acid groups (broad SMARTS) is 1. The van der Waals surface area contributed by atoms with Crippen molar-refractivity contribution in [3.63, 3.8) is 0 Å². The predicted octanol–water partition coefficient (Wildman–Crippen LogP) is 6.74. The summed E-state index contributed by atoms with van der Waals surface area (Å²) in [5.74, 6) is -3.69. The zero-order valence-electron chi connectivity index (χ0n) is 17.9. The number of aliphatic carboxylic acids is 1. The highest BCUT2D eigenvalue weighted by atomic mass is 32.2. The molecule has 0 spiro atoms. The van der Waals surface area contributed by atoms with Gasteiger partial charge in [0.25, 0.3) is 0 Å². The number of benzene rings is 3. The van der Waals surface area contributed by atoms with Crippen molar-refractivity contribution >= 4 is 23.3 Å². The number of hydrogen-bond donors (Lipinski definition) is 1. The first-order valence-corrected chi connectivity index (χ1v) is 11.2. The number of alkyl halides is 3. The lowest BCUT2D eigenvalue weighted by atomic mass is 9.91. The van der Waals surface area contributed by atoms with Crippen LogP contribution >= 0.6 is 11.8 Å². The maximum Gasteiger partial charge on any atom is 0.341 e. The molecule has 0 heterocycles. The van der Waals surface area contributed by atoms with Crippen LogP contribution in [0.5, 0.6) is 5.75 Å². The van der Waals surface area contributed by atoms with Crippen molar-refractivity contribution < 1.29 is 27.8 Å². The molecule has 172 valence electrons. The van der Waals surface area contributed by atoms with Gasteiger partial charge in [0.1, 0.15) is 5.75 Å². The maximum absolute atomic E-state index is 14.4. The summed E-state index contributed by atoms with van der Waals surface area (Å²) in [6.07, 6.45) is 1.86. The van der Waals surface area contributed by atoms with Crippen LogP contribution in [0.1, 0.15) is 22.3 Å². The molecule has 3 rings (SSSR count). The molecule has 7 heteroatoms. The maximum atomic E-state index is 14.4. The van der Waals surface area contributed by atoms with Crippen LogP contribution in [-0.2, 0) is 10.7 Å². The van der Waals surface area contributed by atoms with Crippen LogP contribution < -0.4 is 4.74 Å². The lowest BCUT2D eigenvalue weighted by Gasteiger charge is -2.19. The van der Waals surface area contributed by atoms with Gasteiger partial charge in [-0.05, 0) is 47.4 Å². The third kappa shape index (κ3) is 6.42. The van der Waals surface area contributed by atoms with Crippen molar-refractivity contribution in [3.05, 3.63) is 101 Å². The highest BCUT2D eigenvalue weighted by Crippen LogP contribution is 2.37. The molecule has 3 aromatic carbocycles. The van der Waals surface area contributed by atoms with Crippen LogP contribution in [-0.4, -0.2) is 30.1 Å². The second-order valence-corrected chi connectivity index (χ2v) is 8.35. The molecule has 33 heavy (non-hydrogen) atoms. The fraction of sp³-hybridized carbons (Fsp3) is 0.192. The molecule has 0 atom stereocenters. The van der Waals surface area contributed by atoms with E-state index in [1.165, 1.54) is 23.9 Å². The summed E-state index contributed by atoms with van der Waals surface area (Å²) in [6.45, 7) is -0.302. The van der Waals surface area contributed by atoms with E-state index in [4.69, 9.17) is 9.84 Å². The van der Waals surface area contributed by atoms with Gasteiger partial charge in [-0.25, -0.2) is 9.18 Å². The Balaban J connectivity index is 1.89. The van der Waals surface area contributed by atoms with Gasteiger partial charge in [0, 0.05) is 16.2 Å². The first-order valence-electron chi connectivity index (χ1n) is 10.2. The molecule has 0 saturated carbocycles. The highest BCUT2D eigenvalue weighted by Gasteiger charge is 2.34. The molecule has 0 amide bonds. The molecule has 0 radical (unpaired) electrons. The second-order valence-electron chi connectivity index (χ2n) is 7.29. The number of rotatable bonds is 10. The Morgan fingerprint density at radius 1 is 1.06 bits per heavy atom. The highest BCUT2D eigenvalue weighted by molar-refractivity contribution is 7.99. The largest absolute Gasteiger partial charge is 0.482 e. The minimum atomic E-state index is -3.58. The van der Waals surface area contributed by atoms with E-state index in [-0.39, 0.29) is 5.56 Å². The SMILES string of the molecule is Cc1cc(OCC(=O)O)ccc1SC/C=C(/c1ccccc1)c1ccccc1C(F)(F)CF. The molecule has 0 aliphatic carbocycles. The quantitative estimate of drug-likeness (QED) is 0.332. The molecule has 3 nitrogen and oxygen atoms in total. The number of carbonyl (C=O) groups is 1. The summed E-state index contributed by atoms with van der Waals surface area (Å²) in [5, 5.41) is 8.74. The van der Waals surface area contributed by atoms with Crippen molar-refractivity contribution in [2.45, 2.75) is 17.7 Å². The van der Waals surface area contributed by atoms with Gasteiger partial charge in [-0.1, -0.05) is 60.7 Å². The Labute approximate surface area is 194 Å². The Morgan fingerprint density at radius 2 is 1.76 bits per heavy atom. The van der Waals surface area contributed by atoms with Crippen LogP contribution in [0.15, 0.2) is 83.8 Å². The third-order valence-electron chi connectivity index (χ3n) is 4.90. The first kappa shape index (κ1) is 24.5. The number of ether oxygens (including phenoxy) is 1. The Kier molecular flexibility index (Phi) is 8.22. The molecule has 0 aromatic heterocycles. The molecule has 0 bridgehead atoms. The monoisotopic (exact) mass is 472 g/mol. The molecule has 0 fully saturated rings. The second kappa shape index (κ2) is 11.1. The fourth-order valence-electron chi connectivity index (χ4n) is 3.34. The summed E-state index contributed by atoms with van der Waals surface area (Å²) in [4.78, 5) is 11.6. The summed E-state index contributed by atoms with van der Waals surface area (Å²) in [6, 6.07) is 20.4. The molecule has 0 saturated heterocycles. The van der Waals surface area contributed by atoms with E-state index in [9.17, 15) is 18.0 Å². The minimum Gasteiger partial charge on any atom is -0.482 e. The third-order valence-corrected chi connectivity index (χ3v) is 6.00. The Hall–Kier alpha value is -3.19. The lowest BCUT2D eigenvalue weighted by Crippen LogP contribution is -2.18. The van der Waals surface area contributed by atoms with E-state index in [0.717, 1.165) is 16.0 Å². The zero-order chi connectivity index (χ0) is 23.8. The number of halogens is 3. The normalized spacial score (nSPS) is 11.9. The van der Waals surface area contributed by atoms with E-state index in [1.807, 2.05) is 49.4 Å².